The molecule has 0 atom stereocenters. The molecule has 0 aliphatic carbocycles. The first-order chi connectivity index (χ1) is 9.83. The molecule has 1 aromatic carbocycles. The summed E-state index contributed by atoms with van der Waals surface area (Å²) in [5.41, 5.74) is 4.19. The summed E-state index contributed by atoms with van der Waals surface area (Å²) < 4.78 is 9.77. The van der Waals surface area contributed by atoms with E-state index in [1.807, 2.05) is 12.1 Å². The van der Waals surface area contributed by atoms with E-state index in [4.69, 9.17) is 7.85 Å². The van der Waals surface area contributed by atoms with E-state index < -0.39 is 0 Å². The molecular formula is C14H7BN2S3. The van der Waals surface area contributed by atoms with Crippen molar-refractivity contribution in [2.75, 3.05) is 0 Å². The van der Waals surface area contributed by atoms with Gasteiger partial charge < -0.3 is 0 Å². The molecule has 0 amide bonds. The molecule has 0 spiro atoms. The minimum Gasteiger partial charge on any atom is -0.172 e. The van der Waals surface area contributed by atoms with Crippen LogP contribution in [0, 0.1) is 0 Å². The first-order valence-corrected chi connectivity index (χ1v) is 8.40. The largest absolute Gasteiger partial charge is 0.172 e. The highest BCUT2D eigenvalue weighted by atomic mass is 32.1. The fourth-order valence-corrected chi connectivity index (χ4v) is 4.32. The average Bonchev–Trinajstić information content (AvgIpc) is 3.18. The highest BCUT2D eigenvalue weighted by Gasteiger charge is 2.14. The van der Waals surface area contributed by atoms with Crippen LogP contribution >= 0.6 is 34.4 Å². The third-order valence-electron chi connectivity index (χ3n) is 3.09. The fourth-order valence-electron chi connectivity index (χ4n) is 2.19. The van der Waals surface area contributed by atoms with Crippen molar-refractivity contribution in [3.8, 4) is 20.9 Å². The summed E-state index contributed by atoms with van der Waals surface area (Å²) in [5, 5.41) is 2.08. The molecule has 0 fully saturated rings. The smallest absolute Gasteiger partial charge is 0.128 e. The Hall–Kier alpha value is -1.50. The third kappa shape index (κ3) is 1.92. The molecule has 3 heterocycles. The molecule has 3 aromatic heterocycles. The molecule has 2 radical (unpaired) electrons. The molecule has 0 N–H and O–H groups in total. The normalized spacial score (nSPS) is 11.2. The van der Waals surface area contributed by atoms with Gasteiger partial charge in [0.2, 0.25) is 0 Å². The van der Waals surface area contributed by atoms with Gasteiger partial charge in [0.15, 0.2) is 0 Å². The monoisotopic (exact) mass is 310 g/mol. The van der Waals surface area contributed by atoms with Gasteiger partial charge in [0.1, 0.15) is 18.9 Å². The van der Waals surface area contributed by atoms with Crippen LogP contribution in [0.5, 0.6) is 0 Å². The van der Waals surface area contributed by atoms with Crippen molar-refractivity contribution in [3.63, 3.8) is 0 Å². The molecule has 4 aromatic rings. The third-order valence-corrected chi connectivity index (χ3v) is 5.47. The maximum absolute atomic E-state index is 5.83. The van der Waals surface area contributed by atoms with Crippen LogP contribution in [-0.2, 0) is 0 Å². The Kier molecular flexibility index (Phi) is 2.95. The summed E-state index contributed by atoms with van der Waals surface area (Å²) in [6, 6.07) is 12.4. The van der Waals surface area contributed by atoms with Crippen LogP contribution in [0.2, 0.25) is 0 Å². The number of rotatable bonds is 2. The zero-order chi connectivity index (χ0) is 13.5. The molecule has 0 saturated carbocycles. The van der Waals surface area contributed by atoms with Crippen LogP contribution in [0.15, 0.2) is 41.8 Å². The number of fused-ring (bicyclic) bond motifs is 1. The Balaban J connectivity index is 1.98. The van der Waals surface area contributed by atoms with E-state index in [9.17, 15) is 0 Å². The number of hydrogen-bond donors (Lipinski definition) is 0. The molecule has 0 unspecified atom stereocenters. The molecular weight excluding hydrogens is 303 g/mol. The van der Waals surface area contributed by atoms with Crippen LogP contribution in [0.25, 0.3) is 31.9 Å². The Labute approximate surface area is 129 Å². The summed E-state index contributed by atoms with van der Waals surface area (Å²) in [6.07, 6.45) is 0. The van der Waals surface area contributed by atoms with Crippen molar-refractivity contribution in [1.82, 2.24) is 8.75 Å². The van der Waals surface area contributed by atoms with Crippen molar-refractivity contribution >= 4 is 58.1 Å². The molecule has 4 rings (SSSR count). The number of aromatic nitrogens is 2. The Bertz CT molecular complexity index is 877. The van der Waals surface area contributed by atoms with E-state index in [0.717, 1.165) is 31.8 Å². The second-order valence-corrected chi connectivity index (χ2v) is 6.89. The number of hydrogen-bond acceptors (Lipinski definition) is 5. The summed E-state index contributed by atoms with van der Waals surface area (Å²) in [6.45, 7) is 0. The minimum absolute atomic E-state index is 0.818. The highest BCUT2D eigenvalue weighted by Crippen LogP contribution is 2.37. The minimum atomic E-state index is 0.818. The quantitative estimate of drug-likeness (QED) is 0.524. The molecule has 0 bridgehead atoms. The predicted molar refractivity (Wildman–Crippen MR) is 89.4 cm³/mol. The predicted octanol–water partition coefficient (Wildman–Crippen LogP) is 3.94. The number of thiophene rings is 2. The van der Waals surface area contributed by atoms with Crippen LogP contribution < -0.4 is 4.78 Å². The average molecular weight is 310 g/mol. The fraction of sp³-hybridized carbons (Fsp3) is 0. The Morgan fingerprint density at radius 1 is 0.850 bits per heavy atom. The molecule has 0 aliphatic rings. The Morgan fingerprint density at radius 2 is 1.60 bits per heavy atom. The lowest BCUT2D eigenvalue weighted by Gasteiger charge is -2.03. The zero-order valence-corrected chi connectivity index (χ0v) is 12.7. The second kappa shape index (κ2) is 4.80. The lowest BCUT2D eigenvalue weighted by atomic mass is 10.1. The van der Waals surface area contributed by atoms with E-state index in [2.05, 4.69) is 38.4 Å². The number of benzene rings is 1. The van der Waals surface area contributed by atoms with E-state index in [1.54, 1.807) is 22.7 Å². The van der Waals surface area contributed by atoms with Crippen molar-refractivity contribution in [2.24, 2.45) is 0 Å². The van der Waals surface area contributed by atoms with Crippen molar-refractivity contribution in [3.05, 3.63) is 41.8 Å². The van der Waals surface area contributed by atoms with Crippen molar-refractivity contribution in [2.45, 2.75) is 0 Å². The van der Waals surface area contributed by atoms with Gasteiger partial charge in [-0.1, -0.05) is 24.3 Å². The van der Waals surface area contributed by atoms with Gasteiger partial charge >= 0.3 is 0 Å². The van der Waals surface area contributed by atoms with E-state index in [1.165, 1.54) is 16.6 Å². The van der Waals surface area contributed by atoms with Gasteiger partial charge in [-0.2, -0.15) is 20.1 Å². The van der Waals surface area contributed by atoms with E-state index in [-0.39, 0.29) is 0 Å². The SMILES string of the molecule is [B]c1ccc(-c2ccc(-c3cccs3)c3nsnc23)s1. The van der Waals surface area contributed by atoms with Crippen LogP contribution in [-0.4, -0.2) is 16.6 Å². The van der Waals surface area contributed by atoms with Gasteiger partial charge in [-0.25, -0.2) is 0 Å². The maximum atomic E-state index is 5.83. The number of nitrogens with zero attached hydrogens (tertiary/aromatic N) is 2. The van der Waals surface area contributed by atoms with Gasteiger partial charge in [-0.15, -0.1) is 11.3 Å². The van der Waals surface area contributed by atoms with Gasteiger partial charge in [0.05, 0.1) is 11.7 Å². The van der Waals surface area contributed by atoms with Crippen LogP contribution in [0.4, 0.5) is 0 Å². The van der Waals surface area contributed by atoms with E-state index in [0.29, 0.717) is 0 Å². The van der Waals surface area contributed by atoms with Crippen molar-refractivity contribution < 1.29 is 0 Å². The molecule has 20 heavy (non-hydrogen) atoms. The first-order valence-electron chi connectivity index (χ1n) is 5.98. The lowest BCUT2D eigenvalue weighted by Crippen LogP contribution is -1.88. The molecule has 2 nitrogen and oxygen atoms in total. The Morgan fingerprint density at radius 3 is 2.20 bits per heavy atom. The second-order valence-electron chi connectivity index (χ2n) is 4.30. The standard InChI is InChI=1S/C14H7BN2S3/c15-12-6-5-11(19-12)9-4-3-8(10-2-1-7-18-10)13-14(9)17-20-16-13/h1-7H. The molecule has 0 saturated heterocycles. The lowest BCUT2D eigenvalue weighted by molar-refractivity contribution is 1.63. The van der Waals surface area contributed by atoms with Crippen molar-refractivity contribution in [1.29, 1.82) is 0 Å². The maximum Gasteiger partial charge on any atom is 0.128 e. The van der Waals surface area contributed by atoms with E-state index >= 15 is 0 Å². The van der Waals surface area contributed by atoms with Gasteiger partial charge in [-0.3, -0.25) is 0 Å². The highest BCUT2D eigenvalue weighted by molar-refractivity contribution is 7.23. The molecule has 6 heteroatoms. The van der Waals surface area contributed by atoms with Gasteiger partial charge in [-0.05, 0) is 22.3 Å². The summed E-state index contributed by atoms with van der Waals surface area (Å²) in [7, 11) is 5.83. The van der Waals surface area contributed by atoms with Gasteiger partial charge in [0.25, 0.3) is 0 Å². The molecule has 0 aliphatic heterocycles. The summed E-state index contributed by atoms with van der Waals surface area (Å²) >= 11 is 4.56. The summed E-state index contributed by atoms with van der Waals surface area (Å²) in [4.78, 5) is 2.36. The van der Waals surface area contributed by atoms with Crippen LogP contribution in [0.1, 0.15) is 0 Å². The topological polar surface area (TPSA) is 25.8 Å². The zero-order valence-electron chi connectivity index (χ0n) is 10.2. The van der Waals surface area contributed by atoms with Crippen LogP contribution in [0.3, 0.4) is 0 Å². The van der Waals surface area contributed by atoms with Gasteiger partial charge in [0, 0.05) is 20.9 Å². The molecule has 94 valence electrons. The summed E-state index contributed by atoms with van der Waals surface area (Å²) in [5.74, 6) is 0. The first kappa shape index (κ1) is 12.3.